The first kappa shape index (κ1) is 18.0. The van der Waals surface area contributed by atoms with Crippen molar-refractivity contribution in [3.05, 3.63) is 31.5 Å². The Hall–Kier alpha value is -0.790. The van der Waals surface area contributed by atoms with Gasteiger partial charge in [0.25, 0.3) is 11.1 Å². The van der Waals surface area contributed by atoms with Crippen LogP contribution in [-0.2, 0) is 4.79 Å². The van der Waals surface area contributed by atoms with Crippen LogP contribution in [0.1, 0.15) is 37.7 Å². The maximum Gasteiger partial charge on any atom is 0.293 e. The van der Waals surface area contributed by atoms with E-state index in [0.717, 1.165) is 30.2 Å². The molecular formula is C17H17Br2NO3S. The molecule has 1 aliphatic carbocycles. The summed E-state index contributed by atoms with van der Waals surface area (Å²) in [6.07, 6.45) is 7.51. The molecule has 0 spiro atoms. The van der Waals surface area contributed by atoms with Crippen molar-refractivity contribution in [2.45, 2.75) is 32.1 Å². The van der Waals surface area contributed by atoms with Gasteiger partial charge in [-0.3, -0.25) is 14.5 Å². The van der Waals surface area contributed by atoms with Crippen LogP contribution in [0.4, 0.5) is 4.79 Å². The van der Waals surface area contributed by atoms with Crippen LogP contribution in [0.2, 0.25) is 0 Å². The number of carbonyl (C=O) groups is 2. The summed E-state index contributed by atoms with van der Waals surface area (Å²) in [5.41, 5.74) is 0.745. The molecule has 1 N–H and O–H groups in total. The monoisotopic (exact) mass is 473 g/mol. The molecule has 128 valence electrons. The molecule has 0 atom stereocenters. The number of nitrogens with zero attached hydrogens (tertiary/aromatic N) is 1. The summed E-state index contributed by atoms with van der Waals surface area (Å²) in [6, 6.07) is 3.43. The summed E-state index contributed by atoms with van der Waals surface area (Å²) >= 11 is 7.53. The highest BCUT2D eigenvalue weighted by molar-refractivity contribution is 9.11. The predicted molar refractivity (Wildman–Crippen MR) is 103 cm³/mol. The number of imide groups is 1. The second-order valence-corrected chi connectivity index (χ2v) is 8.83. The Bertz CT molecular complexity index is 691. The van der Waals surface area contributed by atoms with E-state index in [1.807, 2.05) is 0 Å². The zero-order valence-corrected chi connectivity index (χ0v) is 16.9. The van der Waals surface area contributed by atoms with E-state index < -0.39 is 0 Å². The van der Waals surface area contributed by atoms with Crippen LogP contribution in [-0.4, -0.2) is 27.7 Å². The third-order valence-corrected chi connectivity index (χ3v) is 6.49. The topological polar surface area (TPSA) is 57.6 Å². The number of amides is 2. The number of carbonyl (C=O) groups excluding carboxylic acids is 2. The van der Waals surface area contributed by atoms with E-state index in [4.69, 9.17) is 0 Å². The smallest absolute Gasteiger partial charge is 0.293 e. The lowest BCUT2D eigenvalue weighted by molar-refractivity contribution is -0.123. The van der Waals surface area contributed by atoms with Gasteiger partial charge in [0.15, 0.2) is 0 Å². The third-order valence-electron chi connectivity index (χ3n) is 4.38. The molecule has 4 nitrogen and oxygen atoms in total. The van der Waals surface area contributed by atoms with Crippen LogP contribution in [0, 0.1) is 5.92 Å². The van der Waals surface area contributed by atoms with E-state index in [-0.39, 0.29) is 16.9 Å². The Kier molecular flexibility index (Phi) is 5.72. The van der Waals surface area contributed by atoms with Crippen LogP contribution >= 0.6 is 43.6 Å². The number of hydrogen-bond donors (Lipinski definition) is 1. The summed E-state index contributed by atoms with van der Waals surface area (Å²) in [4.78, 5) is 26.6. The lowest BCUT2D eigenvalue weighted by Gasteiger charge is -2.25. The van der Waals surface area contributed by atoms with Gasteiger partial charge in [-0.1, -0.05) is 19.3 Å². The first-order valence-electron chi connectivity index (χ1n) is 7.89. The van der Waals surface area contributed by atoms with E-state index in [2.05, 4.69) is 31.9 Å². The molecule has 0 aromatic heterocycles. The number of phenolic OH excluding ortho intramolecular Hbond substituents is 1. The normalized spacial score (nSPS) is 21.1. The van der Waals surface area contributed by atoms with E-state index in [9.17, 15) is 14.7 Å². The van der Waals surface area contributed by atoms with Crippen molar-refractivity contribution in [2.24, 2.45) is 5.92 Å². The molecule has 0 bridgehead atoms. The molecule has 1 saturated carbocycles. The second kappa shape index (κ2) is 7.62. The minimum absolute atomic E-state index is 0.109. The van der Waals surface area contributed by atoms with Crippen molar-refractivity contribution < 1.29 is 14.7 Å². The zero-order chi connectivity index (χ0) is 17.3. The lowest BCUT2D eigenvalue weighted by atomic mass is 9.89. The molecule has 2 fully saturated rings. The first-order chi connectivity index (χ1) is 11.5. The van der Waals surface area contributed by atoms with Gasteiger partial charge < -0.3 is 5.11 Å². The van der Waals surface area contributed by atoms with E-state index >= 15 is 0 Å². The molecule has 1 aromatic rings. The standard InChI is InChI=1S/C17H17Br2NO3S/c18-12-6-11(7-13(19)15(12)21)8-14-16(22)20(17(23)24-14)9-10-4-2-1-3-5-10/h6-8,10,21H,1-5,9H2/b14-8+. The number of benzene rings is 1. The average Bonchev–Trinajstić information content (AvgIpc) is 2.81. The molecule has 7 heteroatoms. The number of halogens is 2. The molecule has 2 aliphatic rings. The van der Waals surface area contributed by atoms with Crippen molar-refractivity contribution in [2.75, 3.05) is 6.54 Å². The summed E-state index contributed by atoms with van der Waals surface area (Å²) in [6.45, 7) is 0.533. The largest absolute Gasteiger partial charge is 0.506 e. The molecule has 1 aliphatic heterocycles. The maximum absolute atomic E-state index is 12.6. The minimum atomic E-state index is -0.212. The highest BCUT2D eigenvalue weighted by atomic mass is 79.9. The molecular weight excluding hydrogens is 458 g/mol. The fourth-order valence-corrected chi connectivity index (χ4v) is 5.18. The Morgan fingerprint density at radius 1 is 1.17 bits per heavy atom. The fourth-order valence-electron chi connectivity index (χ4n) is 3.11. The van der Waals surface area contributed by atoms with Crippen LogP contribution in [0.15, 0.2) is 26.0 Å². The van der Waals surface area contributed by atoms with E-state index in [0.29, 0.717) is 26.3 Å². The third kappa shape index (κ3) is 3.89. The van der Waals surface area contributed by atoms with Gasteiger partial charge in [-0.25, -0.2) is 0 Å². The fraction of sp³-hybridized carbons (Fsp3) is 0.412. The molecule has 1 heterocycles. The SMILES string of the molecule is O=C1S/C(=C/c2cc(Br)c(O)c(Br)c2)C(=O)N1CC1CCCCC1. The average molecular weight is 475 g/mol. The van der Waals surface area contributed by atoms with Crippen LogP contribution in [0.3, 0.4) is 0 Å². The Labute approximate surface area is 161 Å². The van der Waals surface area contributed by atoms with Gasteiger partial charge in [0.1, 0.15) is 5.75 Å². The molecule has 0 unspecified atom stereocenters. The second-order valence-electron chi connectivity index (χ2n) is 6.13. The van der Waals surface area contributed by atoms with E-state index in [1.165, 1.54) is 24.2 Å². The van der Waals surface area contributed by atoms with Crippen LogP contribution in [0.5, 0.6) is 5.75 Å². The summed E-state index contributed by atoms with van der Waals surface area (Å²) in [5.74, 6) is 0.331. The summed E-state index contributed by atoms with van der Waals surface area (Å²) < 4.78 is 1.06. The molecule has 24 heavy (non-hydrogen) atoms. The van der Waals surface area contributed by atoms with Gasteiger partial charge >= 0.3 is 0 Å². The van der Waals surface area contributed by atoms with Gasteiger partial charge in [-0.15, -0.1) is 0 Å². The van der Waals surface area contributed by atoms with Crippen LogP contribution < -0.4 is 0 Å². The van der Waals surface area contributed by atoms with Gasteiger partial charge in [0, 0.05) is 6.54 Å². The molecule has 1 saturated heterocycles. The van der Waals surface area contributed by atoms with Crippen molar-refractivity contribution >= 4 is 60.8 Å². The Morgan fingerprint density at radius 3 is 2.42 bits per heavy atom. The van der Waals surface area contributed by atoms with Gasteiger partial charge in [-0.05, 0) is 86.2 Å². The minimum Gasteiger partial charge on any atom is -0.506 e. The Balaban J connectivity index is 1.78. The van der Waals surface area contributed by atoms with Crippen molar-refractivity contribution in [1.82, 2.24) is 4.90 Å². The van der Waals surface area contributed by atoms with Gasteiger partial charge in [0.2, 0.25) is 0 Å². The quantitative estimate of drug-likeness (QED) is 0.584. The number of rotatable bonds is 3. The van der Waals surface area contributed by atoms with Crippen LogP contribution in [0.25, 0.3) is 6.08 Å². The maximum atomic E-state index is 12.6. The number of hydrogen-bond acceptors (Lipinski definition) is 4. The lowest BCUT2D eigenvalue weighted by Crippen LogP contribution is -2.34. The molecule has 2 amide bonds. The summed E-state index contributed by atoms with van der Waals surface area (Å²) in [7, 11) is 0. The number of aromatic hydroxyl groups is 1. The van der Waals surface area contributed by atoms with E-state index in [1.54, 1.807) is 18.2 Å². The molecule has 1 aromatic carbocycles. The highest BCUT2D eigenvalue weighted by Crippen LogP contribution is 2.37. The zero-order valence-electron chi connectivity index (χ0n) is 12.9. The van der Waals surface area contributed by atoms with Crippen molar-refractivity contribution in [3.63, 3.8) is 0 Å². The van der Waals surface area contributed by atoms with Crippen molar-refractivity contribution in [1.29, 1.82) is 0 Å². The summed E-state index contributed by atoms with van der Waals surface area (Å²) in [5, 5.41) is 9.57. The highest BCUT2D eigenvalue weighted by Gasteiger charge is 2.36. The molecule has 0 radical (unpaired) electrons. The number of phenols is 1. The van der Waals surface area contributed by atoms with Crippen molar-refractivity contribution in [3.8, 4) is 5.75 Å². The first-order valence-corrected chi connectivity index (χ1v) is 10.3. The van der Waals surface area contributed by atoms with Gasteiger partial charge in [0.05, 0.1) is 13.9 Å². The Morgan fingerprint density at radius 2 is 1.79 bits per heavy atom. The predicted octanol–water partition coefficient (Wildman–Crippen LogP) is 5.53. The molecule has 3 rings (SSSR count). The van der Waals surface area contributed by atoms with Gasteiger partial charge in [-0.2, -0.15) is 0 Å². The number of thioether (sulfide) groups is 1.